The predicted octanol–water partition coefficient (Wildman–Crippen LogP) is 23.6. The van der Waals surface area contributed by atoms with E-state index in [0.29, 0.717) is 31.6 Å². The summed E-state index contributed by atoms with van der Waals surface area (Å²) in [5, 5.41) is 10.6. The summed E-state index contributed by atoms with van der Waals surface area (Å²) in [5.41, 5.74) is 0. The number of aliphatic hydroxyl groups is 1. The molecule has 0 aliphatic rings. The molecule has 588 valence electrons. The van der Waals surface area contributed by atoms with Crippen molar-refractivity contribution in [3.63, 3.8) is 0 Å². The Kier molecular flexibility index (Phi) is 67.8. The van der Waals surface area contributed by atoms with Gasteiger partial charge >= 0.3 is 39.5 Å². The van der Waals surface area contributed by atoms with E-state index in [1.165, 1.54) is 205 Å². The Labute approximate surface area is 607 Å². The maximum Gasteiger partial charge on any atom is 0.472 e. The summed E-state index contributed by atoms with van der Waals surface area (Å²) in [6.07, 6.45) is 55.6. The van der Waals surface area contributed by atoms with E-state index in [4.69, 9.17) is 37.0 Å². The van der Waals surface area contributed by atoms with Crippen LogP contribution in [0, 0.1) is 23.7 Å². The fourth-order valence-corrected chi connectivity index (χ4v) is 13.8. The minimum absolute atomic E-state index is 0.106. The van der Waals surface area contributed by atoms with Gasteiger partial charge in [0.25, 0.3) is 0 Å². The number of carbonyl (C=O) groups is 4. The van der Waals surface area contributed by atoms with Gasteiger partial charge in [-0.3, -0.25) is 37.3 Å². The van der Waals surface area contributed by atoms with E-state index in [2.05, 4.69) is 55.4 Å². The molecule has 4 unspecified atom stereocenters. The fourth-order valence-electron chi connectivity index (χ4n) is 12.2. The zero-order valence-corrected chi connectivity index (χ0v) is 66.9. The van der Waals surface area contributed by atoms with Crippen LogP contribution in [-0.2, 0) is 65.4 Å². The number of carbonyl (C=O) groups excluding carboxylic acids is 4. The molecule has 99 heavy (non-hydrogen) atoms. The quantitative estimate of drug-likeness (QED) is 0.0222. The number of ether oxygens (including phenoxy) is 4. The Morgan fingerprint density at radius 3 is 0.717 bits per heavy atom. The van der Waals surface area contributed by atoms with Crippen molar-refractivity contribution in [2.24, 2.45) is 23.7 Å². The number of rotatable bonds is 77. The number of hydrogen-bond donors (Lipinski definition) is 3. The summed E-state index contributed by atoms with van der Waals surface area (Å²) >= 11 is 0. The molecule has 0 bridgehead atoms. The molecule has 0 aliphatic carbocycles. The Balaban J connectivity index is 5.19. The number of unbranched alkanes of at least 4 members (excludes halogenated alkanes) is 42. The van der Waals surface area contributed by atoms with Crippen molar-refractivity contribution in [1.29, 1.82) is 0 Å². The van der Waals surface area contributed by atoms with E-state index in [1.54, 1.807) is 0 Å². The first-order valence-electron chi connectivity index (χ1n) is 41.2. The average molecular weight is 1450 g/mol. The van der Waals surface area contributed by atoms with Gasteiger partial charge in [-0.25, -0.2) is 9.13 Å². The molecule has 0 aromatic carbocycles. The van der Waals surface area contributed by atoms with E-state index in [1.807, 2.05) is 0 Å². The summed E-state index contributed by atoms with van der Waals surface area (Å²) < 4.78 is 68.6. The second-order valence-electron chi connectivity index (χ2n) is 30.5. The molecule has 0 saturated carbocycles. The second kappa shape index (κ2) is 69.1. The molecule has 0 aromatic heterocycles. The van der Waals surface area contributed by atoms with Gasteiger partial charge in [-0.2, -0.15) is 0 Å². The zero-order valence-electron chi connectivity index (χ0n) is 65.1. The van der Waals surface area contributed by atoms with Crippen LogP contribution in [-0.4, -0.2) is 96.7 Å². The summed E-state index contributed by atoms with van der Waals surface area (Å²) in [6, 6.07) is 0. The number of esters is 4. The number of hydrogen-bond acceptors (Lipinski definition) is 15. The summed E-state index contributed by atoms with van der Waals surface area (Å²) in [7, 11) is -9.92. The molecular formula is C80H156O17P2. The maximum atomic E-state index is 13.1. The highest BCUT2D eigenvalue weighted by Gasteiger charge is 2.30. The lowest BCUT2D eigenvalue weighted by atomic mass is 9.99. The predicted molar refractivity (Wildman–Crippen MR) is 404 cm³/mol. The van der Waals surface area contributed by atoms with Gasteiger partial charge in [0.1, 0.15) is 19.3 Å². The van der Waals surface area contributed by atoms with E-state index in [0.717, 1.165) is 114 Å². The minimum Gasteiger partial charge on any atom is -0.462 e. The topological polar surface area (TPSA) is 237 Å². The number of phosphoric acid groups is 2. The molecule has 0 heterocycles. The van der Waals surface area contributed by atoms with E-state index < -0.39 is 97.5 Å². The van der Waals surface area contributed by atoms with Crippen LogP contribution < -0.4 is 0 Å². The van der Waals surface area contributed by atoms with Crippen molar-refractivity contribution in [2.45, 2.75) is 427 Å². The molecule has 0 fully saturated rings. The summed E-state index contributed by atoms with van der Waals surface area (Å²) in [6.45, 7) is 14.2. The molecule has 0 radical (unpaired) electrons. The van der Waals surface area contributed by atoms with Crippen LogP contribution in [0.2, 0.25) is 0 Å². The van der Waals surface area contributed by atoms with Crippen LogP contribution in [0.15, 0.2) is 0 Å². The number of aliphatic hydroxyl groups excluding tert-OH is 1. The van der Waals surface area contributed by atoms with Gasteiger partial charge in [0.05, 0.1) is 26.4 Å². The van der Waals surface area contributed by atoms with Crippen LogP contribution in [0.3, 0.4) is 0 Å². The van der Waals surface area contributed by atoms with Crippen LogP contribution >= 0.6 is 15.6 Å². The van der Waals surface area contributed by atoms with Crippen molar-refractivity contribution in [1.82, 2.24) is 0 Å². The van der Waals surface area contributed by atoms with Gasteiger partial charge in [0.2, 0.25) is 0 Å². The van der Waals surface area contributed by atoms with Crippen molar-refractivity contribution in [3.8, 4) is 0 Å². The standard InChI is InChI=1S/C80H156O17P2/c1-9-73(8)59-51-43-34-28-24-25-29-35-44-52-60-77(82)90-66-75(96-79(84)63-55-47-37-31-23-19-18-21-27-33-41-49-57-71(4)5)68-94-98(86,87)92-64-74(81)65-93-99(88,89)95-69-76(67-91-78(83)61-53-45-39-38-42-50-58-72(6)7)97-80(85)62-54-46-36-30-22-17-15-13-11-10-12-14-16-20-26-32-40-48-56-70(2)3/h70-76,81H,9-69H2,1-8H3,(H,86,87)(H,88,89)/t73?,74?,75-,76-/m1/s1. The molecule has 0 aliphatic heterocycles. The Bertz CT molecular complexity index is 1940. The van der Waals surface area contributed by atoms with Crippen LogP contribution in [0.25, 0.3) is 0 Å². The van der Waals surface area contributed by atoms with Crippen LogP contribution in [0.1, 0.15) is 409 Å². The summed E-state index contributed by atoms with van der Waals surface area (Å²) in [5.74, 6) is 0.968. The molecule has 0 saturated heterocycles. The first-order valence-corrected chi connectivity index (χ1v) is 44.2. The largest absolute Gasteiger partial charge is 0.472 e. The molecule has 3 N–H and O–H groups in total. The lowest BCUT2D eigenvalue weighted by Crippen LogP contribution is -2.30. The highest BCUT2D eigenvalue weighted by Crippen LogP contribution is 2.45. The Hall–Kier alpha value is -1.94. The zero-order chi connectivity index (χ0) is 73.1. The number of phosphoric ester groups is 2. The maximum absolute atomic E-state index is 13.1. The third-order valence-electron chi connectivity index (χ3n) is 18.9. The van der Waals surface area contributed by atoms with Crippen molar-refractivity contribution in [3.05, 3.63) is 0 Å². The Morgan fingerprint density at radius 2 is 0.485 bits per heavy atom. The normalized spacial score (nSPS) is 14.3. The highest BCUT2D eigenvalue weighted by atomic mass is 31.2. The van der Waals surface area contributed by atoms with Crippen LogP contribution in [0.4, 0.5) is 0 Å². The van der Waals surface area contributed by atoms with E-state index >= 15 is 0 Å². The van der Waals surface area contributed by atoms with Gasteiger partial charge in [-0.15, -0.1) is 0 Å². The lowest BCUT2D eigenvalue weighted by Gasteiger charge is -2.21. The van der Waals surface area contributed by atoms with Crippen molar-refractivity contribution in [2.75, 3.05) is 39.6 Å². The molecule has 0 spiro atoms. The van der Waals surface area contributed by atoms with Crippen molar-refractivity contribution >= 4 is 39.5 Å². The van der Waals surface area contributed by atoms with Gasteiger partial charge in [0, 0.05) is 25.7 Å². The average Bonchev–Trinajstić information content (AvgIpc) is 0.981. The van der Waals surface area contributed by atoms with Gasteiger partial charge < -0.3 is 33.8 Å². The second-order valence-corrected chi connectivity index (χ2v) is 33.4. The SMILES string of the molecule is CCC(C)CCCCCCCCCCCCC(=O)OC[C@H](COP(=O)(O)OCC(O)COP(=O)(O)OC[C@@H](COC(=O)CCCCCCCCC(C)C)OC(=O)CCCCCCCCCCCCCCCCCCCCC(C)C)OC(=O)CCCCCCCCCCCCCCC(C)C. The van der Waals surface area contributed by atoms with E-state index in [9.17, 15) is 43.2 Å². The van der Waals surface area contributed by atoms with Gasteiger partial charge in [-0.1, -0.05) is 357 Å². The molecule has 0 amide bonds. The summed E-state index contributed by atoms with van der Waals surface area (Å²) in [4.78, 5) is 72.9. The third-order valence-corrected chi connectivity index (χ3v) is 20.8. The van der Waals surface area contributed by atoms with E-state index in [-0.39, 0.29) is 25.7 Å². The Morgan fingerprint density at radius 1 is 0.283 bits per heavy atom. The fraction of sp³-hybridized carbons (Fsp3) is 0.950. The molecule has 0 aromatic rings. The third kappa shape index (κ3) is 72.8. The molecular weight excluding hydrogens is 1290 g/mol. The van der Waals surface area contributed by atoms with Crippen molar-refractivity contribution < 1.29 is 80.2 Å². The van der Waals surface area contributed by atoms with Gasteiger partial charge in [-0.05, 0) is 49.4 Å². The van der Waals surface area contributed by atoms with Gasteiger partial charge in [0.15, 0.2) is 12.2 Å². The molecule has 0 rings (SSSR count). The lowest BCUT2D eigenvalue weighted by molar-refractivity contribution is -0.161. The highest BCUT2D eigenvalue weighted by molar-refractivity contribution is 7.47. The molecule has 17 nitrogen and oxygen atoms in total. The van der Waals surface area contributed by atoms with Crippen LogP contribution in [0.5, 0.6) is 0 Å². The first-order chi connectivity index (χ1) is 47.6. The first kappa shape index (κ1) is 97.1. The smallest absolute Gasteiger partial charge is 0.462 e. The minimum atomic E-state index is -4.96. The monoisotopic (exact) mass is 1450 g/mol. The molecule has 6 atom stereocenters. The molecule has 19 heteroatoms.